The molecule has 2 N–H and O–H groups in total. The van der Waals surface area contributed by atoms with Gasteiger partial charge in [0, 0.05) is 5.92 Å². The van der Waals surface area contributed by atoms with Crippen LogP contribution in [0.25, 0.3) is 0 Å². The number of anilines is 1. The second-order valence-corrected chi connectivity index (χ2v) is 7.35. The van der Waals surface area contributed by atoms with Crippen molar-refractivity contribution in [3.63, 3.8) is 0 Å². The summed E-state index contributed by atoms with van der Waals surface area (Å²) in [6.45, 7) is 1.97. The molecule has 0 aliphatic heterocycles. The van der Waals surface area contributed by atoms with Crippen LogP contribution in [-0.2, 0) is 11.2 Å². The number of phenolic OH excluding ortho intramolecular Hbond substituents is 1. The zero-order chi connectivity index (χ0) is 17.4. The lowest BCUT2D eigenvalue weighted by Crippen LogP contribution is -2.37. The molecule has 0 radical (unpaired) electrons. The molecule has 5 nitrogen and oxygen atoms in total. The fourth-order valence-corrected chi connectivity index (χ4v) is 4.16. The predicted molar refractivity (Wildman–Crippen MR) is 96.7 cm³/mol. The van der Waals surface area contributed by atoms with E-state index in [1.807, 2.05) is 43.3 Å². The van der Waals surface area contributed by atoms with Gasteiger partial charge in [0.1, 0.15) is 11.3 Å². The van der Waals surface area contributed by atoms with Crippen LogP contribution in [0.5, 0.6) is 5.75 Å². The van der Waals surface area contributed by atoms with Crippen molar-refractivity contribution in [2.75, 3.05) is 5.32 Å². The number of benzene rings is 2. The molecule has 126 valence electrons. The Morgan fingerprint density at radius 3 is 2.80 bits per heavy atom. The molecule has 1 aromatic heterocycles. The van der Waals surface area contributed by atoms with Crippen LogP contribution in [0.4, 0.5) is 5.13 Å². The summed E-state index contributed by atoms with van der Waals surface area (Å²) < 4.78 is 0. The first-order chi connectivity index (χ1) is 12.1. The lowest BCUT2D eigenvalue weighted by atomic mass is 9.73. The maximum absolute atomic E-state index is 13.1. The first-order valence-electron chi connectivity index (χ1n) is 8.02. The van der Waals surface area contributed by atoms with E-state index in [0.29, 0.717) is 11.6 Å². The Hall–Kier alpha value is -2.73. The summed E-state index contributed by atoms with van der Waals surface area (Å²) in [7, 11) is 0. The highest BCUT2D eigenvalue weighted by Crippen LogP contribution is 2.52. The van der Waals surface area contributed by atoms with Crippen LogP contribution in [0.15, 0.2) is 54.0 Å². The van der Waals surface area contributed by atoms with Crippen molar-refractivity contribution in [1.82, 2.24) is 10.2 Å². The maximum Gasteiger partial charge on any atom is 0.233 e. The number of aromatic nitrogens is 2. The summed E-state index contributed by atoms with van der Waals surface area (Å²) in [5.74, 6) is -0.00835. The molecule has 1 aliphatic carbocycles. The second-order valence-electron chi connectivity index (χ2n) is 6.52. The van der Waals surface area contributed by atoms with Crippen molar-refractivity contribution in [2.45, 2.75) is 19.3 Å². The van der Waals surface area contributed by atoms with E-state index in [9.17, 15) is 9.90 Å². The monoisotopic (exact) mass is 351 g/mol. The normalized spacial score (nSPS) is 21.7. The van der Waals surface area contributed by atoms with Crippen LogP contribution < -0.4 is 5.32 Å². The Bertz CT molecular complexity index is 912. The molecule has 1 heterocycles. The first kappa shape index (κ1) is 15.8. The molecule has 0 spiro atoms. The van der Waals surface area contributed by atoms with E-state index < -0.39 is 5.41 Å². The third-order valence-corrected chi connectivity index (χ3v) is 5.47. The van der Waals surface area contributed by atoms with Crippen molar-refractivity contribution in [3.05, 3.63) is 70.7 Å². The molecular formula is C19H17N3O2S. The van der Waals surface area contributed by atoms with Gasteiger partial charge in [0.25, 0.3) is 0 Å². The number of aromatic hydroxyl groups is 1. The van der Waals surface area contributed by atoms with Gasteiger partial charge >= 0.3 is 0 Å². The highest BCUT2D eigenvalue weighted by atomic mass is 32.1. The van der Waals surface area contributed by atoms with Crippen molar-refractivity contribution in [2.24, 2.45) is 5.41 Å². The molecule has 0 saturated carbocycles. The van der Waals surface area contributed by atoms with E-state index in [2.05, 4.69) is 15.5 Å². The largest absolute Gasteiger partial charge is 0.508 e. The fourth-order valence-electron chi connectivity index (χ4n) is 3.72. The maximum atomic E-state index is 13.1. The number of carbonyl (C=O) groups is 1. The molecular weight excluding hydrogens is 334 g/mol. The molecule has 6 heteroatoms. The summed E-state index contributed by atoms with van der Waals surface area (Å²) >= 11 is 1.30. The van der Waals surface area contributed by atoms with Gasteiger partial charge in [-0.05, 0) is 42.2 Å². The van der Waals surface area contributed by atoms with Gasteiger partial charge in [-0.25, -0.2) is 0 Å². The minimum absolute atomic E-state index is 0.0891. The van der Waals surface area contributed by atoms with Crippen molar-refractivity contribution in [1.29, 1.82) is 0 Å². The van der Waals surface area contributed by atoms with Gasteiger partial charge in [-0.3, -0.25) is 4.79 Å². The topological polar surface area (TPSA) is 75.1 Å². The Morgan fingerprint density at radius 1 is 1.28 bits per heavy atom. The minimum atomic E-state index is -0.677. The standard InChI is InChI=1S/C19H17N3O2S/c1-19(17(24)21-18-22-20-11-25-18)10-13-7-8-14(23)9-15(13)16(19)12-5-3-2-4-6-12/h2-9,11,16,23H,10H2,1H3,(H,21,22,24). The molecule has 1 aliphatic rings. The number of hydrogen-bond acceptors (Lipinski definition) is 5. The number of nitrogens with one attached hydrogen (secondary N) is 1. The average molecular weight is 351 g/mol. The molecule has 4 rings (SSSR count). The summed E-state index contributed by atoms with van der Waals surface area (Å²) in [6.07, 6.45) is 0.604. The van der Waals surface area contributed by atoms with E-state index in [4.69, 9.17) is 0 Å². The van der Waals surface area contributed by atoms with Gasteiger partial charge in [0.15, 0.2) is 0 Å². The van der Waals surface area contributed by atoms with Gasteiger partial charge < -0.3 is 10.4 Å². The van der Waals surface area contributed by atoms with Crippen LogP contribution >= 0.6 is 11.3 Å². The van der Waals surface area contributed by atoms with Gasteiger partial charge in [-0.1, -0.05) is 47.7 Å². The third kappa shape index (κ3) is 2.68. The number of amides is 1. The van der Waals surface area contributed by atoms with E-state index in [-0.39, 0.29) is 17.6 Å². The molecule has 25 heavy (non-hydrogen) atoms. The Morgan fingerprint density at radius 2 is 2.08 bits per heavy atom. The number of rotatable bonds is 3. The fraction of sp³-hybridized carbons (Fsp3) is 0.211. The van der Waals surface area contributed by atoms with Crippen molar-refractivity contribution < 1.29 is 9.90 Å². The number of carbonyl (C=O) groups excluding carboxylic acids is 1. The number of hydrogen-bond donors (Lipinski definition) is 2. The molecule has 2 unspecified atom stereocenters. The van der Waals surface area contributed by atoms with Gasteiger partial charge in [-0.15, -0.1) is 10.2 Å². The third-order valence-electron chi connectivity index (χ3n) is 4.87. The quantitative estimate of drug-likeness (QED) is 0.756. The average Bonchev–Trinajstić information content (AvgIpc) is 3.21. The number of nitrogens with zero attached hydrogens (tertiary/aromatic N) is 2. The lowest BCUT2D eigenvalue weighted by Gasteiger charge is -2.30. The first-order valence-corrected chi connectivity index (χ1v) is 8.90. The second kappa shape index (κ2) is 5.97. The summed E-state index contributed by atoms with van der Waals surface area (Å²) in [5.41, 5.74) is 4.06. The molecule has 1 amide bonds. The van der Waals surface area contributed by atoms with Crippen LogP contribution in [0.1, 0.15) is 29.5 Å². The summed E-state index contributed by atoms with van der Waals surface area (Å²) in [4.78, 5) is 13.1. The Kier molecular flexibility index (Phi) is 3.77. The SMILES string of the molecule is CC1(C(=O)Nc2nncs2)Cc2ccc(O)cc2C1c1ccccc1. The Balaban J connectivity index is 1.79. The molecule has 2 aromatic carbocycles. The lowest BCUT2D eigenvalue weighted by molar-refractivity contribution is -0.125. The highest BCUT2D eigenvalue weighted by Gasteiger charge is 2.49. The highest BCUT2D eigenvalue weighted by molar-refractivity contribution is 7.13. The number of phenols is 1. The van der Waals surface area contributed by atoms with E-state index in [1.165, 1.54) is 11.3 Å². The minimum Gasteiger partial charge on any atom is -0.508 e. The predicted octanol–water partition coefficient (Wildman–Crippen LogP) is 3.58. The summed E-state index contributed by atoms with van der Waals surface area (Å²) in [6, 6.07) is 15.3. The van der Waals surface area contributed by atoms with Gasteiger partial charge in [-0.2, -0.15) is 0 Å². The van der Waals surface area contributed by atoms with E-state index in [0.717, 1.165) is 16.7 Å². The molecule has 0 saturated heterocycles. The van der Waals surface area contributed by atoms with Crippen LogP contribution in [0.3, 0.4) is 0 Å². The Labute approximate surface area is 149 Å². The summed E-state index contributed by atoms with van der Waals surface area (Å²) in [5, 5.41) is 21.0. The van der Waals surface area contributed by atoms with Crippen molar-refractivity contribution in [3.8, 4) is 5.75 Å². The van der Waals surface area contributed by atoms with Crippen LogP contribution in [-0.4, -0.2) is 21.2 Å². The zero-order valence-corrected chi connectivity index (χ0v) is 14.5. The van der Waals surface area contributed by atoms with Gasteiger partial charge in [0.05, 0.1) is 5.41 Å². The number of fused-ring (bicyclic) bond motifs is 1. The van der Waals surface area contributed by atoms with E-state index >= 15 is 0 Å². The van der Waals surface area contributed by atoms with E-state index in [1.54, 1.807) is 17.6 Å². The molecule has 0 fully saturated rings. The zero-order valence-electron chi connectivity index (χ0n) is 13.6. The molecule has 3 aromatic rings. The smallest absolute Gasteiger partial charge is 0.233 e. The van der Waals surface area contributed by atoms with Crippen molar-refractivity contribution >= 4 is 22.4 Å². The van der Waals surface area contributed by atoms with Crippen LogP contribution in [0, 0.1) is 5.41 Å². The molecule has 2 atom stereocenters. The van der Waals surface area contributed by atoms with Gasteiger partial charge in [0.2, 0.25) is 11.0 Å². The van der Waals surface area contributed by atoms with Crippen LogP contribution in [0.2, 0.25) is 0 Å². The molecule has 0 bridgehead atoms.